The standard InChI is InChI=1S/C7H4Br4O/c1-12-4-2-3(8)5(9)7(11)6(4)10/h2H,1H3. The van der Waals surface area contributed by atoms with Crippen LogP contribution in [0.25, 0.3) is 0 Å². The Hall–Kier alpha value is 0.940. The SMILES string of the molecule is COc1cc(Br)c(Br)c(Br)c1Br. The predicted octanol–water partition coefficient (Wildman–Crippen LogP) is 4.75. The maximum atomic E-state index is 5.13. The summed E-state index contributed by atoms with van der Waals surface area (Å²) in [5.74, 6) is 0.789. The van der Waals surface area contributed by atoms with Crippen LogP contribution in [0, 0.1) is 0 Å². The molecule has 0 aliphatic heterocycles. The smallest absolute Gasteiger partial charge is 0.135 e. The molecule has 5 heteroatoms. The number of halogens is 4. The van der Waals surface area contributed by atoms with Crippen LogP contribution in [0.15, 0.2) is 24.0 Å². The highest BCUT2D eigenvalue weighted by Crippen LogP contribution is 2.42. The fraction of sp³-hybridized carbons (Fsp3) is 0.143. The van der Waals surface area contributed by atoms with Crippen LogP contribution < -0.4 is 4.74 Å². The van der Waals surface area contributed by atoms with Gasteiger partial charge in [-0.25, -0.2) is 0 Å². The van der Waals surface area contributed by atoms with E-state index in [2.05, 4.69) is 63.7 Å². The van der Waals surface area contributed by atoms with Gasteiger partial charge in [0.15, 0.2) is 0 Å². The van der Waals surface area contributed by atoms with Crippen LogP contribution in [0.5, 0.6) is 5.75 Å². The fourth-order valence-corrected chi connectivity index (χ4v) is 2.83. The zero-order valence-corrected chi connectivity index (χ0v) is 12.3. The van der Waals surface area contributed by atoms with Gasteiger partial charge in [0.1, 0.15) is 5.75 Å². The Morgan fingerprint density at radius 3 is 2.08 bits per heavy atom. The molecule has 0 saturated carbocycles. The van der Waals surface area contributed by atoms with Crippen LogP contribution >= 0.6 is 63.7 Å². The largest absolute Gasteiger partial charge is 0.495 e. The van der Waals surface area contributed by atoms with E-state index in [1.165, 1.54) is 0 Å². The topological polar surface area (TPSA) is 9.23 Å². The summed E-state index contributed by atoms with van der Waals surface area (Å²) in [5, 5.41) is 0. The summed E-state index contributed by atoms with van der Waals surface area (Å²) in [6.45, 7) is 0. The van der Waals surface area contributed by atoms with Gasteiger partial charge in [0.2, 0.25) is 0 Å². The summed E-state index contributed by atoms with van der Waals surface area (Å²) < 4.78 is 8.90. The van der Waals surface area contributed by atoms with Crippen molar-refractivity contribution >= 4 is 63.7 Å². The second kappa shape index (κ2) is 4.44. The molecule has 12 heavy (non-hydrogen) atoms. The number of hydrogen-bond acceptors (Lipinski definition) is 1. The highest BCUT2D eigenvalue weighted by molar-refractivity contribution is 9.15. The van der Waals surface area contributed by atoms with Gasteiger partial charge < -0.3 is 4.74 Å². The molecule has 0 bridgehead atoms. The van der Waals surface area contributed by atoms with Crippen molar-refractivity contribution in [2.45, 2.75) is 0 Å². The Morgan fingerprint density at radius 1 is 1.00 bits per heavy atom. The number of ether oxygens (including phenoxy) is 1. The van der Waals surface area contributed by atoms with Crippen molar-refractivity contribution in [3.63, 3.8) is 0 Å². The van der Waals surface area contributed by atoms with E-state index in [4.69, 9.17) is 4.74 Å². The summed E-state index contributed by atoms with van der Waals surface area (Å²) in [6, 6.07) is 1.89. The van der Waals surface area contributed by atoms with E-state index < -0.39 is 0 Å². The molecule has 0 spiro atoms. The van der Waals surface area contributed by atoms with Gasteiger partial charge in [-0.05, 0) is 69.8 Å². The zero-order valence-electron chi connectivity index (χ0n) is 6.00. The third kappa shape index (κ3) is 2.05. The molecule has 0 atom stereocenters. The van der Waals surface area contributed by atoms with Crippen LogP contribution in [0.3, 0.4) is 0 Å². The van der Waals surface area contributed by atoms with Gasteiger partial charge in [-0.1, -0.05) is 0 Å². The van der Waals surface area contributed by atoms with Crippen molar-refractivity contribution in [3.8, 4) is 5.75 Å². The van der Waals surface area contributed by atoms with Crippen molar-refractivity contribution in [1.82, 2.24) is 0 Å². The number of rotatable bonds is 1. The third-order valence-electron chi connectivity index (χ3n) is 1.29. The van der Waals surface area contributed by atoms with Gasteiger partial charge >= 0.3 is 0 Å². The Labute approximate surface area is 104 Å². The molecule has 1 nitrogen and oxygen atoms in total. The second-order valence-electron chi connectivity index (χ2n) is 2.00. The molecule has 0 radical (unpaired) electrons. The van der Waals surface area contributed by atoms with Crippen LogP contribution in [0.4, 0.5) is 0 Å². The third-order valence-corrected chi connectivity index (χ3v) is 5.91. The second-order valence-corrected chi connectivity index (χ2v) is 5.24. The minimum absolute atomic E-state index is 0.789. The Balaban J connectivity index is 3.39. The highest BCUT2D eigenvalue weighted by Gasteiger charge is 2.11. The van der Waals surface area contributed by atoms with Crippen LogP contribution in [-0.4, -0.2) is 7.11 Å². The lowest BCUT2D eigenvalue weighted by Crippen LogP contribution is -1.86. The Kier molecular flexibility index (Phi) is 4.08. The van der Waals surface area contributed by atoms with Crippen molar-refractivity contribution in [1.29, 1.82) is 0 Å². The van der Waals surface area contributed by atoms with Crippen molar-refractivity contribution in [2.24, 2.45) is 0 Å². The average Bonchev–Trinajstić information content (AvgIpc) is 2.08. The molecule has 0 unspecified atom stereocenters. The van der Waals surface area contributed by atoms with E-state index in [0.29, 0.717) is 0 Å². The lowest BCUT2D eigenvalue weighted by molar-refractivity contribution is 0.411. The molecule has 0 saturated heterocycles. The maximum absolute atomic E-state index is 5.13. The fourth-order valence-electron chi connectivity index (χ4n) is 0.700. The minimum atomic E-state index is 0.789. The molecule has 0 aliphatic rings. The highest BCUT2D eigenvalue weighted by atomic mass is 79.9. The molecular formula is C7H4Br4O. The van der Waals surface area contributed by atoms with E-state index in [1.54, 1.807) is 7.11 Å². The first-order valence-electron chi connectivity index (χ1n) is 2.95. The summed E-state index contributed by atoms with van der Waals surface area (Å²) >= 11 is 13.6. The average molecular weight is 424 g/mol. The number of hydrogen-bond donors (Lipinski definition) is 0. The van der Waals surface area contributed by atoms with Crippen molar-refractivity contribution in [3.05, 3.63) is 24.0 Å². The van der Waals surface area contributed by atoms with Gasteiger partial charge in [0, 0.05) is 8.95 Å². The normalized spacial score (nSPS) is 10.1. The van der Waals surface area contributed by atoms with Gasteiger partial charge in [0.05, 0.1) is 16.1 Å². The van der Waals surface area contributed by atoms with E-state index in [1.807, 2.05) is 6.07 Å². The first-order valence-corrected chi connectivity index (χ1v) is 6.12. The zero-order chi connectivity index (χ0) is 9.30. The summed E-state index contributed by atoms with van der Waals surface area (Å²) in [5.41, 5.74) is 0. The van der Waals surface area contributed by atoms with E-state index in [-0.39, 0.29) is 0 Å². The van der Waals surface area contributed by atoms with Crippen molar-refractivity contribution in [2.75, 3.05) is 7.11 Å². The summed E-state index contributed by atoms with van der Waals surface area (Å²) in [6.07, 6.45) is 0. The van der Waals surface area contributed by atoms with Crippen LogP contribution in [-0.2, 0) is 0 Å². The lowest BCUT2D eigenvalue weighted by atomic mass is 10.3. The van der Waals surface area contributed by atoms with Crippen LogP contribution in [0.1, 0.15) is 0 Å². The molecule has 0 heterocycles. The Bertz CT molecular complexity index is 311. The van der Waals surface area contributed by atoms with E-state index in [0.717, 1.165) is 23.6 Å². The number of benzene rings is 1. The van der Waals surface area contributed by atoms with E-state index in [9.17, 15) is 0 Å². The molecule has 0 aromatic heterocycles. The van der Waals surface area contributed by atoms with E-state index >= 15 is 0 Å². The molecule has 0 N–H and O–H groups in total. The van der Waals surface area contributed by atoms with Crippen LogP contribution in [0.2, 0.25) is 0 Å². The first-order chi connectivity index (χ1) is 5.57. The first kappa shape index (κ1) is 11.0. The maximum Gasteiger partial charge on any atom is 0.135 e. The Morgan fingerprint density at radius 2 is 1.58 bits per heavy atom. The minimum Gasteiger partial charge on any atom is -0.495 e. The quantitative estimate of drug-likeness (QED) is 0.468. The molecule has 0 fully saturated rings. The molecule has 66 valence electrons. The van der Waals surface area contributed by atoms with Gasteiger partial charge in [-0.15, -0.1) is 0 Å². The summed E-state index contributed by atoms with van der Waals surface area (Å²) in [7, 11) is 1.63. The molecular weight excluding hydrogens is 420 g/mol. The molecule has 1 aromatic rings. The van der Waals surface area contributed by atoms with Gasteiger partial charge in [-0.3, -0.25) is 0 Å². The lowest BCUT2D eigenvalue weighted by Gasteiger charge is -2.07. The van der Waals surface area contributed by atoms with Gasteiger partial charge in [-0.2, -0.15) is 0 Å². The molecule has 1 rings (SSSR count). The molecule has 0 amide bonds. The monoisotopic (exact) mass is 420 g/mol. The predicted molar refractivity (Wildman–Crippen MR) is 63.8 cm³/mol. The molecule has 0 aliphatic carbocycles. The van der Waals surface area contributed by atoms with Crippen molar-refractivity contribution < 1.29 is 4.74 Å². The number of methoxy groups -OCH3 is 1. The molecule has 1 aromatic carbocycles. The van der Waals surface area contributed by atoms with Gasteiger partial charge in [0.25, 0.3) is 0 Å². The summed E-state index contributed by atoms with van der Waals surface area (Å²) in [4.78, 5) is 0.